The van der Waals surface area contributed by atoms with Gasteiger partial charge in [0, 0.05) is 68.7 Å². The fraction of sp³-hybridized carbons (Fsp3) is 0.474. The van der Waals surface area contributed by atoms with Gasteiger partial charge in [0.1, 0.15) is 23.7 Å². The van der Waals surface area contributed by atoms with E-state index in [0.29, 0.717) is 18.4 Å². The van der Waals surface area contributed by atoms with Crippen LogP contribution in [-0.4, -0.2) is 44.8 Å². The highest BCUT2D eigenvalue weighted by molar-refractivity contribution is 6.38. The molecule has 0 radical (unpaired) electrons. The first kappa shape index (κ1) is 37.1. The Hall–Kier alpha value is -4.40. The summed E-state index contributed by atoms with van der Waals surface area (Å²) in [7, 11) is 0. The van der Waals surface area contributed by atoms with Crippen LogP contribution >= 0.6 is 0 Å². The Morgan fingerprint density at radius 3 is 2.06 bits per heavy atom. The number of ketones is 5. The lowest BCUT2D eigenvalue weighted by Gasteiger charge is -2.24. The van der Waals surface area contributed by atoms with Crippen molar-refractivity contribution in [2.24, 2.45) is 35.3 Å². The van der Waals surface area contributed by atoms with Gasteiger partial charge in [-0.15, -0.1) is 0 Å². The van der Waals surface area contributed by atoms with Gasteiger partial charge >= 0.3 is 0 Å². The molecular weight excluding hydrogens is 594 g/mol. The van der Waals surface area contributed by atoms with E-state index >= 15 is 0 Å². The van der Waals surface area contributed by atoms with Crippen LogP contribution in [0.15, 0.2) is 61.2 Å². The standard InChI is InChI=1S/C38H47N3O6/c1-5-25(4)34(20-36(45)30(14-24(2)3)18-33(43)17-27-21-40-23-41-22-27)37(46)35(44)13-12-32(42)19-31(38(39)47)16-26-10-11-28-8-6-7-9-29(28)15-26/h6-11,15,21-25,30-31,34H,5,12-14,16-20H2,1-4H3,(H2,39,47)/t25-,30+,31+,34?/m0/s1. The molecule has 0 aliphatic heterocycles. The van der Waals surface area contributed by atoms with E-state index in [9.17, 15) is 28.8 Å². The Kier molecular flexibility index (Phi) is 14.2. The SMILES string of the molecule is CC[C@H](C)C(CC(=O)[C@@H](CC(=O)Cc1cncnc1)CC(C)C)C(=O)C(=O)CCC(=O)C[C@@H](Cc1ccc2ccccc2c1)C(N)=O. The van der Waals surface area contributed by atoms with E-state index in [2.05, 4.69) is 9.97 Å². The molecule has 4 atom stereocenters. The monoisotopic (exact) mass is 641 g/mol. The van der Waals surface area contributed by atoms with Crippen molar-refractivity contribution in [1.82, 2.24) is 9.97 Å². The van der Waals surface area contributed by atoms with E-state index < -0.39 is 35.2 Å². The van der Waals surface area contributed by atoms with Crippen LogP contribution in [0.2, 0.25) is 0 Å². The van der Waals surface area contributed by atoms with Crippen LogP contribution in [0.25, 0.3) is 10.8 Å². The molecule has 1 heterocycles. The molecule has 0 bridgehead atoms. The minimum Gasteiger partial charge on any atom is -0.369 e. The maximum absolute atomic E-state index is 13.6. The number of aromatic nitrogens is 2. The van der Waals surface area contributed by atoms with Gasteiger partial charge in [0.05, 0.1) is 0 Å². The molecule has 0 saturated heterocycles. The summed E-state index contributed by atoms with van der Waals surface area (Å²) >= 11 is 0. The molecule has 9 nitrogen and oxygen atoms in total. The second-order valence-electron chi connectivity index (χ2n) is 13.2. The summed E-state index contributed by atoms with van der Waals surface area (Å²) in [5.74, 6) is -4.88. The highest BCUT2D eigenvalue weighted by Crippen LogP contribution is 2.27. The molecule has 0 fully saturated rings. The number of hydrogen-bond acceptors (Lipinski definition) is 8. The number of hydrogen-bond donors (Lipinski definition) is 1. The molecule has 1 unspecified atom stereocenters. The minimum absolute atomic E-state index is 0.0377. The predicted octanol–water partition coefficient (Wildman–Crippen LogP) is 5.64. The Morgan fingerprint density at radius 1 is 0.766 bits per heavy atom. The number of nitrogens with zero attached hydrogens (tertiary/aromatic N) is 2. The van der Waals surface area contributed by atoms with Gasteiger partial charge in [-0.2, -0.15) is 0 Å². The molecule has 0 aliphatic carbocycles. The molecule has 250 valence electrons. The van der Waals surface area contributed by atoms with E-state index in [-0.39, 0.29) is 74.1 Å². The van der Waals surface area contributed by atoms with Gasteiger partial charge in [-0.05, 0) is 46.6 Å². The number of rotatable bonds is 21. The van der Waals surface area contributed by atoms with Gasteiger partial charge in [0.2, 0.25) is 11.7 Å². The maximum Gasteiger partial charge on any atom is 0.221 e. The summed E-state index contributed by atoms with van der Waals surface area (Å²) in [6.07, 6.45) is 5.26. The van der Waals surface area contributed by atoms with Gasteiger partial charge in [-0.1, -0.05) is 76.6 Å². The smallest absolute Gasteiger partial charge is 0.221 e. The second kappa shape index (κ2) is 18.1. The lowest BCUT2D eigenvalue weighted by Crippen LogP contribution is -2.33. The molecule has 0 spiro atoms. The lowest BCUT2D eigenvalue weighted by atomic mass is 9.78. The third-order valence-corrected chi connectivity index (χ3v) is 8.87. The normalized spacial score (nSPS) is 13.9. The summed E-state index contributed by atoms with van der Waals surface area (Å²) in [4.78, 5) is 85.9. The van der Waals surface area contributed by atoms with Crippen LogP contribution in [-0.2, 0) is 41.6 Å². The zero-order valence-electron chi connectivity index (χ0n) is 27.9. The fourth-order valence-corrected chi connectivity index (χ4v) is 6.00. The Bertz CT molecular complexity index is 1570. The zero-order chi connectivity index (χ0) is 34.5. The quantitative estimate of drug-likeness (QED) is 0.147. The minimum atomic E-state index is -0.839. The molecular formula is C38H47N3O6. The number of fused-ring (bicyclic) bond motifs is 1. The maximum atomic E-state index is 13.6. The van der Waals surface area contributed by atoms with Crippen LogP contribution in [0.1, 0.15) is 83.8 Å². The van der Waals surface area contributed by atoms with E-state index in [0.717, 1.165) is 16.3 Å². The van der Waals surface area contributed by atoms with Crippen molar-refractivity contribution in [3.63, 3.8) is 0 Å². The van der Waals surface area contributed by atoms with Gasteiger partial charge in [-0.3, -0.25) is 28.8 Å². The number of primary amides is 1. The average molecular weight is 642 g/mol. The highest BCUT2D eigenvalue weighted by atomic mass is 16.2. The van der Waals surface area contributed by atoms with Crippen molar-refractivity contribution in [2.45, 2.75) is 85.5 Å². The number of amides is 1. The molecule has 2 N–H and O–H groups in total. The van der Waals surface area contributed by atoms with Crippen LogP contribution in [0, 0.1) is 29.6 Å². The first-order valence-corrected chi connectivity index (χ1v) is 16.5. The molecule has 9 heteroatoms. The number of benzene rings is 2. The first-order chi connectivity index (χ1) is 22.4. The Labute approximate surface area is 277 Å². The summed E-state index contributed by atoms with van der Waals surface area (Å²) in [5.41, 5.74) is 7.17. The van der Waals surface area contributed by atoms with Crippen molar-refractivity contribution >= 4 is 45.6 Å². The van der Waals surface area contributed by atoms with Gasteiger partial charge < -0.3 is 5.73 Å². The number of carbonyl (C=O) groups is 6. The summed E-state index contributed by atoms with van der Waals surface area (Å²) in [6, 6.07) is 13.7. The van der Waals surface area contributed by atoms with E-state index in [4.69, 9.17) is 5.73 Å². The van der Waals surface area contributed by atoms with Crippen molar-refractivity contribution < 1.29 is 28.8 Å². The Balaban J connectivity index is 1.60. The molecule has 0 aliphatic rings. The van der Waals surface area contributed by atoms with Crippen molar-refractivity contribution in [2.75, 3.05) is 0 Å². The Morgan fingerprint density at radius 2 is 1.43 bits per heavy atom. The largest absolute Gasteiger partial charge is 0.369 e. The van der Waals surface area contributed by atoms with Crippen LogP contribution in [0.5, 0.6) is 0 Å². The molecule has 3 rings (SSSR count). The predicted molar refractivity (Wildman–Crippen MR) is 180 cm³/mol. The van der Waals surface area contributed by atoms with E-state index in [1.165, 1.54) is 6.33 Å². The molecule has 2 aromatic carbocycles. The van der Waals surface area contributed by atoms with Gasteiger partial charge in [0.15, 0.2) is 5.78 Å². The lowest BCUT2D eigenvalue weighted by molar-refractivity contribution is -0.142. The number of Topliss-reactive ketones (excluding diaryl/α,β-unsaturated/α-hetero) is 5. The fourth-order valence-electron chi connectivity index (χ4n) is 6.00. The van der Waals surface area contributed by atoms with Crippen molar-refractivity contribution in [3.05, 3.63) is 72.3 Å². The van der Waals surface area contributed by atoms with E-state index in [1.54, 1.807) is 12.4 Å². The van der Waals surface area contributed by atoms with Crippen LogP contribution < -0.4 is 5.73 Å². The number of nitrogens with two attached hydrogens (primary N) is 1. The van der Waals surface area contributed by atoms with Gasteiger partial charge in [-0.25, -0.2) is 9.97 Å². The van der Waals surface area contributed by atoms with E-state index in [1.807, 2.05) is 70.2 Å². The summed E-state index contributed by atoms with van der Waals surface area (Å²) in [6.45, 7) is 7.66. The van der Waals surface area contributed by atoms with Crippen LogP contribution in [0.3, 0.4) is 0 Å². The van der Waals surface area contributed by atoms with Crippen molar-refractivity contribution in [3.8, 4) is 0 Å². The molecule has 0 saturated carbocycles. The third-order valence-electron chi connectivity index (χ3n) is 8.87. The average Bonchev–Trinajstić information content (AvgIpc) is 3.04. The summed E-state index contributed by atoms with van der Waals surface area (Å²) in [5, 5.41) is 2.08. The van der Waals surface area contributed by atoms with Gasteiger partial charge in [0.25, 0.3) is 0 Å². The second-order valence-corrected chi connectivity index (χ2v) is 13.2. The molecule has 1 amide bonds. The zero-order valence-corrected chi connectivity index (χ0v) is 27.9. The molecule has 1 aromatic heterocycles. The molecule has 47 heavy (non-hydrogen) atoms. The third kappa shape index (κ3) is 11.7. The highest BCUT2D eigenvalue weighted by Gasteiger charge is 2.34. The number of carbonyl (C=O) groups excluding carboxylic acids is 6. The van der Waals surface area contributed by atoms with Crippen molar-refractivity contribution in [1.29, 1.82) is 0 Å². The summed E-state index contributed by atoms with van der Waals surface area (Å²) < 4.78 is 0. The first-order valence-electron chi connectivity index (χ1n) is 16.5. The molecule has 3 aromatic rings. The topological polar surface area (TPSA) is 154 Å². The van der Waals surface area contributed by atoms with Crippen LogP contribution in [0.4, 0.5) is 0 Å².